The van der Waals surface area contributed by atoms with Gasteiger partial charge in [0.15, 0.2) is 0 Å². The normalized spacial score (nSPS) is 14.4. The SMILES string of the molecule is C.CC(C)c1cccc(Cl)c1.CC(C)c1cccc(N2CCC(C)(F)C2)c1.Cc1cc(C(C)C)ccn1.Cc1cc(C(C)C)ccn1.Cc1cccc(C(C)C)c1. The third-order valence-electron chi connectivity index (χ3n) is 9.72. The first-order valence-electron chi connectivity index (χ1n) is 20.5. The van der Waals surface area contributed by atoms with Gasteiger partial charge in [-0.05, 0) is 134 Å². The minimum absolute atomic E-state index is 0. The van der Waals surface area contributed by atoms with Crippen molar-refractivity contribution in [3.05, 3.63) is 159 Å². The highest BCUT2D eigenvalue weighted by Crippen LogP contribution is 2.30. The average molecular weight is 797 g/mol. The summed E-state index contributed by atoms with van der Waals surface area (Å²) < 4.78 is 13.8. The quantitative estimate of drug-likeness (QED) is 0.171. The Kier molecular flexibility index (Phi) is 22.7. The summed E-state index contributed by atoms with van der Waals surface area (Å²) in [5, 5.41) is 0.825. The van der Waals surface area contributed by atoms with Gasteiger partial charge in [0.25, 0.3) is 0 Å². The van der Waals surface area contributed by atoms with E-state index < -0.39 is 5.67 Å². The molecule has 0 bridgehead atoms. The minimum atomic E-state index is -1.02. The van der Waals surface area contributed by atoms with Gasteiger partial charge in [0.1, 0.15) is 5.67 Å². The summed E-state index contributed by atoms with van der Waals surface area (Å²) in [6.45, 7) is 31.1. The lowest BCUT2D eigenvalue weighted by molar-refractivity contribution is 0.221. The zero-order valence-electron chi connectivity index (χ0n) is 37.0. The number of rotatable bonds is 6. The van der Waals surface area contributed by atoms with E-state index in [0.29, 0.717) is 42.6 Å². The monoisotopic (exact) mass is 796 g/mol. The molecule has 2 aromatic heterocycles. The number of hydrogen-bond acceptors (Lipinski definition) is 3. The molecule has 1 unspecified atom stereocenters. The maximum atomic E-state index is 13.8. The van der Waals surface area contributed by atoms with E-state index in [-0.39, 0.29) is 7.43 Å². The first-order valence-corrected chi connectivity index (χ1v) is 20.9. The van der Waals surface area contributed by atoms with Crippen molar-refractivity contribution < 1.29 is 4.39 Å². The highest BCUT2D eigenvalue weighted by Gasteiger charge is 2.33. The molecule has 3 aromatic carbocycles. The van der Waals surface area contributed by atoms with Crippen LogP contribution in [0.4, 0.5) is 10.1 Å². The van der Waals surface area contributed by atoms with Crippen LogP contribution in [0.15, 0.2) is 109 Å². The fourth-order valence-electron chi connectivity index (χ4n) is 5.97. The van der Waals surface area contributed by atoms with Crippen molar-refractivity contribution in [2.75, 3.05) is 18.0 Å². The largest absolute Gasteiger partial charge is 0.368 e. The van der Waals surface area contributed by atoms with Crippen molar-refractivity contribution in [3.8, 4) is 0 Å². The van der Waals surface area contributed by atoms with E-state index in [1.54, 1.807) is 6.92 Å². The molecule has 5 aromatic rings. The average Bonchev–Trinajstić information content (AvgIpc) is 3.52. The molecule has 3 heterocycles. The van der Waals surface area contributed by atoms with Gasteiger partial charge >= 0.3 is 0 Å². The van der Waals surface area contributed by atoms with Crippen LogP contribution in [0.1, 0.15) is 164 Å². The van der Waals surface area contributed by atoms with Crippen LogP contribution < -0.4 is 4.90 Å². The highest BCUT2D eigenvalue weighted by molar-refractivity contribution is 6.30. The molecule has 1 aliphatic heterocycles. The fraction of sp³-hybridized carbons (Fsp3) is 0.462. The second-order valence-electron chi connectivity index (χ2n) is 16.9. The second kappa shape index (κ2) is 25.4. The Bertz CT molecular complexity index is 1660. The van der Waals surface area contributed by atoms with E-state index in [2.05, 4.69) is 170 Å². The molecule has 0 amide bonds. The Morgan fingerprint density at radius 2 is 0.965 bits per heavy atom. The Balaban J connectivity index is 0.000000361. The topological polar surface area (TPSA) is 29.0 Å². The van der Waals surface area contributed by atoms with E-state index in [1.807, 2.05) is 44.4 Å². The molecule has 0 saturated carbocycles. The first kappa shape index (κ1) is 51.0. The fourth-order valence-corrected chi connectivity index (χ4v) is 6.17. The summed E-state index contributed by atoms with van der Waals surface area (Å²) in [6, 6.07) is 33.5. The number of aromatic nitrogens is 2. The number of benzene rings is 3. The number of anilines is 1. The molecule has 1 aliphatic rings. The van der Waals surface area contributed by atoms with Gasteiger partial charge in [-0.1, -0.05) is 142 Å². The van der Waals surface area contributed by atoms with Crippen molar-refractivity contribution in [1.82, 2.24) is 9.97 Å². The maximum Gasteiger partial charge on any atom is 0.127 e. The molecule has 3 nitrogen and oxygen atoms in total. The Hall–Kier alpha value is -4.02. The van der Waals surface area contributed by atoms with Crippen LogP contribution in [-0.2, 0) is 0 Å². The molecule has 0 aliphatic carbocycles. The molecule has 1 fully saturated rings. The molecule has 1 saturated heterocycles. The molecule has 0 spiro atoms. The van der Waals surface area contributed by atoms with Gasteiger partial charge in [-0.3, -0.25) is 9.97 Å². The first-order chi connectivity index (χ1) is 26.3. The summed E-state index contributed by atoms with van der Waals surface area (Å²) in [4.78, 5) is 10.4. The lowest BCUT2D eigenvalue weighted by Crippen LogP contribution is -2.25. The molecule has 0 N–H and O–H groups in total. The Labute approximate surface area is 353 Å². The van der Waals surface area contributed by atoms with Crippen LogP contribution in [0.2, 0.25) is 5.02 Å². The summed E-state index contributed by atoms with van der Waals surface area (Å²) in [7, 11) is 0. The predicted octanol–water partition coefficient (Wildman–Crippen LogP) is 16.0. The molecule has 6 rings (SSSR count). The summed E-state index contributed by atoms with van der Waals surface area (Å²) in [5.41, 5.74) is 10.5. The van der Waals surface area contributed by atoms with E-state index in [4.69, 9.17) is 11.6 Å². The smallest absolute Gasteiger partial charge is 0.127 e. The van der Waals surface area contributed by atoms with Crippen molar-refractivity contribution >= 4 is 17.3 Å². The number of halogens is 2. The number of nitrogens with zero attached hydrogens (tertiary/aromatic N) is 3. The zero-order chi connectivity index (χ0) is 42.0. The van der Waals surface area contributed by atoms with E-state index >= 15 is 0 Å². The van der Waals surface area contributed by atoms with Crippen molar-refractivity contribution in [2.45, 2.75) is 146 Å². The zero-order valence-corrected chi connectivity index (χ0v) is 37.8. The van der Waals surface area contributed by atoms with Crippen molar-refractivity contribution in [2.24, 2.45) is 0 Å². The van der Waals surface area contributed by atoms with Gasteiger partial charge in [0.05, 0.1) is 6.54 Å². The molecular weight excluding hydrogens is 721 g/mol. The van der Waals surface area contributed by atoms with Crippen LogP contribution in [0.25, 0.3) is 0 Å². The molecule has 1 atom stereocenters. The van der Waals surface area contributed by atoms with Gasteiger partial charge < -0.3 is 4.90 Å². The van der Waals surface area contributed by atoms with E-state index in [9.17, 15) is 4.39 Å². The highest BCUT2D eigenvalue weighted by atomic mass is 35.5. The van der Waals surface area contributed by atoms with Crippen LogP contribution in [-0.4, -0.2) is 28.7 Å². The van der Waals surface area contributed by atoms with Crippen molar-refractivity contribution in [3.63, 3.8) is 0 Å². The summed E-state index contributed by atoms with van der Waals surface area (Å²) in [5.74, 6) is 2.97. The Morgan fingerprint density at radius 1 is 0.561 bits per heavy atom. The number of hydrogen-bond donors (Lipinski definition) is 0. The van der Waals surface area contributed by atoms with Crippen LogP contribution in [0.3, 0.4) is 0 Å². The number of aryl methyl sites for hydroxylation is 3. The summed E-state index contributed by atoms with van der Waals surface area (Å²) in [6.07, 6.45) is 4.37. The minimum Gasteiger partial charge on any atom is -0.368 e. The van der Waals surface area contributed by atoms with Gasteiger partial charge in [-0.15, -0.1) is 0 Å². The van der Waals surface area contributed by atoms with Gasteiger partial charge in [0, 0.05) is 47.5 Å². The van der Waals surface area contributed by atoms with Gasteiger partial charge in [0.2, 0.25) is 0 Å². The van der Waals surface area contributed by atoms with Crippen molar-refractivity contribution in [1.29, 1.82) is 0 Å². The van der Waals surface area contributed by atoms with Crippen LogP contribution >= 0.6 is 11.6 Å². The maximum absolute atomic E-state index is 13.8. The predicted molar refractivity (Wildman–Crippen MR) is 251 cm³/mol. The molecule has 0 radical (unpaired) electrons. The number of alkyl halides is 1. The molecule has 312 valence electrons. The van der Waals surface area contributed by atoms with Gasteiger partial charge in [-0.2, -0.15) is 0 Å². The third-order valence-corrected chi connectivity index (χ3v) is 9.96. The molecule has 57 heavy (non-hydrogen) atoms. The van der Waals surface area contributed by atoms with E-state index in [1.165, 1.54) is 33.4 Å². The van der Waals surface area contributed by atoms with E-state index in [0.717, 1.165) is 28.6 Å². The molecular formula is C52H75ClFN3. The van der Waals surface area contributed by atoms with Crippen LogP contribution in [0.5, 0.6) is 0 Å². The lowest BCUT2D eigenvalue weighted by Gasteiger charge is -2.20. The second-order valence-corrected chi connectivity index (χ2v) is 17.3. The third kappa shape index (κ3) is 19.8. The summed E-state index contributed by atoms with van der Waals surface area (Å²) >= 11 is 5.79. The number of pyridine rings is 2. The molecule has 5 heteroatoms. The van der Waals surface area contributed by atoms with Gasteiger partial charge in [-0.25, -0.2) is 4.39 Å². The van der Waals surface area contributed by atoms with Crippen LogP contribution in [0, 0.1) is 20.8 Å². The lowest BCUT2D eigenvalue weighted by atomic mass is 10.0. The standard InChI is InChI=1S/C14H20FN.C10H14.C9H11Cl.2C9H13N.CH4/c1-11(2)12-5-4-6-13(9-12)16-8-7-14(3,15)10-16;1-8(2)10-6-4-5-9(3)7-10;1-7(2)8-4-3-5-9(10)6-8;2*1-7(2)9-4-5-10-8(3)6-9;/h4-6,9,11H,7-8,10H2,1-3H3;4-8H,1-3H3;3-7H,1-2H3;2*4-7H,1-3H3;1H4. The Morgan fingerprint density at radius 3 is 1.30 bits per heavy atom.